The van der Waals surface area contributed by atoms with E-state index in [1.165, 1.54) is 11.1 Å². The van der Waals surface area contributed by atoms with Crippen molar-refractivity contribution >= 4 is 11.6 Å². The Bertz CT molecular complexity index is 651. The van der Waals surface area contributed by atoms with Crippen molar-refractivity contribution in [1.82, 2.24) is 0 Å². The molecular weight excluding hydrogens is 310 g/mol. The summed E-state index contributed by atoms with van der Waals surface area (Å²) in [6.07, 6.45) is 0.358. The van der Waals surface area contributed by atoms with Crippen molar-refractivity contribution in [3.05, 3.63) is 65.2 Å². The second-order valence-corrected chi connectivity index (χ2v) is 6.96. The Morgan fingerprint density at radius 1 is 0.920 bits per heavy atom. The SMILES string of the molecule is CC(C)c1cccc(C(C)C)c1NC(=O)CCOCc1ccccc1. The third kappa shape index (κ3) is 5.71. The van der Waals surface area contributed by atoms with Crippen molar-refractivity contribution in [3.8, 4) is 0 Å². The molecule has 1 N–H and O–H groups in total. The molecule has 0 saturated carbocycles. The van der Waals surface area contributed by atoms with Crippen LogP contribution in [0.3, 0.4) is 0 Å². The van der Waals surface area contributed by atoms with Crippen molar-refractivity contribution in [3.63, 3.8) is 0 Å². The molecule has 25 heavy (non-hydrogen) atoms. The van der Waals surface area contributed by atoms with Gasteiger partial charge in [0, 0.05) is 5.69 Å². The Morgan fingerprint density at radius 3 is 2.08 bits per heavy atom. The summed E-state index contributed by atoms with van der Waals surface area (Å²) in [6, 6.07) is 16.3. The minimum absolute atomic E-state index is 0.00283. The molecule has 0 aromatic heterocycles. The molecule has 0 spiro atoms. The van der Waals surface area contributed by atoms with Gasteiger partial charge in [0.15, 0.2) is 0 Å². The molecule has 134 valence electrons. The van der Waals surface area contributed by atoms with Crippen LogP contribution in [0, 0.1) is 0 Å². The molecule has 1 amide bonds. The Kier molecular flexibility index (Phi) is 7.20. The predicted molar refractivity (Wildman–Crippen MR) is 104 cm³/mol. The van der Waals surface area contributed by atoms with Crippen molar-refractivity contribution in [2.75, 3.05) is 11.9 Å². The van der Waals surface area contributed by atoms with Gasteiger partial charge in [0.05, 0.1) is 19.6 Å². The number of benzene rings is 2. The Morgan fingerprint density at radius 2 is 1.52 bits per heavy atom. The summed E-state index contributed by atoms with van der Waals surface area (Å²) in [4.78, 5) is 12.4. The van der Waals surface area contributed by atoms with Crippen molar-refractivity contribution in [2.24, 2.45) is 0 Å². The molecule has 0 atom stereocenters. The third-order valence-corrected chi connectivity index (χ3v) is 4.22. The number of amides is 1. The lowest BCUT2D eigenvalue weighted by Crippen LogP contribution is -2.17. The molecule has 0 unspecified atom stereocenters. The lowest BCUT2D eigenvalue weighted by Gasteiger charge is -2.20. The van der Waals surface area contributed by atoms with Gasteiger partial charge in [-0.25, -0.2) is 0 Å². The number of carbonyl (C=O) groups excluding carboxylic acids is 1. The van der Waals surface area contributed by atoms with Gasteiger partial charge in [-0.15, -0.1) is 0 Å². The van der Waals surface area contributed by atoms with Gasteiger partial charge in [-0.1, -0.05) is 76.2 Å². The van der Waals surface area contributed by atoms with Crippen molar-refractivity contribution < 1.29 is 9.53 Å². The van der Waals surface area contributed by atoms with Gasteiger partial charge in [0.1, 0.15) is 0 Å². The number of ether oxygens (including phenoxy) is 1. The van der Waals surface area contributed by atoms with E-state index in [0.29, 0.717) is 31.5 Å². The minimum Gasteiger partial charge on any atom is -0.376 e. The van der Waals surface area contributed by atoms with E-state index in [4.69, 9.17) is 4.74 Å². The molecule has 0 aliphatic rings. The van der Waals surface area contributed by atoms with E-state index < -0.39 is 0 Å². The van der Waals surface area contributed by atoms with Crippen LogP contribution in [0.15, 0.2) is 48.5 Å². The highest BCUT2D eigenvalue weighted by atomic mass is 16.5. The molecule has 2 aromatic carbocycles. The van der Waals surface area contributed by atoms with E-state index in [9.17, 15) is 4.79 Å². The largest absolute Gasteiger partial charge is 0.376 e. The lowest BCUT2D eigenvalue weighted by molar-refractivity contribution is -0.117. The number of nitrogens with one attached hydrogen (secondary N) is 1. The maximum atomic E-state index is 12.4. The van der Waals surface area contributed by atoms with Gasteiger partial charge < -0.3 is 10.1 Å². The number of anilines is 1. The smallest absolute Gasteiger partial charge is 0.226 e. The van der Waals surface area contributed by atoms with Crippen LogP contribution in [-0.2, 0) is 16.1 Å². The van der Waals surface area contributed by atoms with Crippen LogP contribution in [-0.4, -0.2) is 12.5 Å². The van der Waals surface area contributed by atoms with E-state index >= 15 is 0 Å². The van der Waals surface area contributed by atoms with Gasteiger partial charge in [0.2, 0.25) is 5.91 Å². The maximum absolute atomic E-state index is 12.4. The predicted octanol–water partition coefficient (Wildman–Crippen LogP) is 5.48. The van der Waals surface area contributed by atoms with Crippen LogP contribution in [0.2, 0.25) is 0 Å². The van der Waals surface area contributed by atoms with E-state index in [1.54, 1.807) is 0 Å². The molecular formula is C22H29NO2. The second-order valence-electron chi connectivity index (χ2n) is 6.96. The molecule has 0 saturated heterocycles. The number of carbonyl (C=O) groups is 1. The van der Waals surface area contributed by atoms with Crippen LogP contribution in [0.5, 0.6) is 0 Å². The first-order valence-corrected chi connectivity index (χ1v) is 9.03. The lowest BCUT2D eigenvalue weighted by atomic mass is 9.92. The molecule has 0 aliphatic heterocycles. The average molecular weight is 339 g/mol. The van der Waals surface area contributed by atoms with Crippen LogP contribution >= 0.6 is 0 Å². The van der Waals surface area contributed by atoms with Gasteiger partial charge in [-0.2, -0.15) is 0 Å². The van der Waals surface area contributed by atoms with Gasteiger partial charge in [0.25, 0.3) is 0 Å². The molecule has 0 aliphatic carbocycles. The summed E-state index contributed by atoms with van der Waals surface area (Å²) in [5, 5.41) is 3.12. The highest BCUT2D eigenvalue weighted by molar-refractivity contribution is 5.92. The molecule has 3 nitrogen and oxygen atoms in total. The highest BCUT2D eigenvalue weighted by Crippen LogP contribution is 2.32. The van der Waals surface area contributed by atoms with Crippen molar-refractivity contribution in [1.29, 1.82) is 0 Å². The van der Waals surface area contributed by atoms with E-state index in [2.05, 4.69) is 51.2 Å². The zero-order chi connectivity index (χ0) is 18.2. The molecule has 0 bridgehead atoms. The fourth-order valence-electron chi connectivity index (χ4n) is 2.83. The number of para-hydroxylation sites is 1. The normalized spacial score (nSPS) is 11.1. The van der Waals surface area contributed by atoms with Crippen LogP contribution < -0.4 is 5.32 Å². The molecule has 2 rings (SSSR count). The van der Waals surface area contributed by atoms with Crippen LogP contribution in [0.4, 0.5) is 5.69 Å². The first kappa shape index (κ1) is 19.2. The maximum Gasteiger partial charge on any atom is 0.226 e. The summed E-state index contributed by atoms with van der Waals surface area (Å²) in [5.41, 5.74) is 4.46. The zero-order valence-electron chi connectivity index (χ0n) is 15.7. The van der Waals surface area contributed by atoms with Crippen molar-refractivity contribution in [2.45, 2.75) is 52.6 Å². The van der Waals surface area contributed by atoms with Gasteiger partial charge in [-0.05, 0) is 28.5 Å². The minimum atomic E-state index is 0.00283. The fraction of sp³-hybridized carbons (Fsp3) is 0.409. The van der Waals surface area contributed by atoms with Gasteiger partial charge >= 0.3 is 0 Å². The Balaban J connectivity index is 1.93. The van der Waals surface area contributed by atoms with Crippen LogP contribution in [0.1, 0.15) is 62.6 Å². The van der Waals surface area contributed by atoms with E-state index in [-0.39, 0.29) is 5.91 Å². The number of hydrogen-bond donors (Lipinski definition) is 1. The summed E-state index contributed by atoms with van der Waals surface area (Å²) >= 11 is 0. The summed E-state index contributed by atoms with van der Waals surface area (Å²) < 4.78 is 5.62. The highest BCUT2D eigenvalue weighted by Gasteiger charge is 2.15. The molecule has 2 aromatic rings. The monoisotopic (exact) mass is 339 g/mol. The van der Waals surface area contributed by atoms with Crippen LogP contribution in [0.25, 0.3) is 0 Å². The number of hydrogen-bond acceptors (Lipinski definition) is 2. The van der Waals surface area contributed by atoms with Gasteiger partial charge in [-0.3, -0.25) is 4.79 Å². The fourth-order valence-corrected chi connectivity index (χ4v) is 2.83. The number of rotatable bonds is 8. The Labute approximate surface area is 151 Å². The first-order valence-electron chi connectivity index (χ1n) is 9.03. The molecule has 3 heteroatoms. The van der Waals surface area contributed by atoms with E-state index in [0.717, 1.165) is 11.3 Å². The summed E-state index contributed by atoms with van der Waals surface area (Å²) in [5.74, 6) is 0.731. The topological polar surface area (TPSA) is 38.3 Å². The summed E-state index contributed by atoms with van der Waals surface area (Å²) in [7, 11) is 0. The molecule has 0 radical (unpaired) electrons. The third-order valence-electron chi connectivity index (χ3n) is 4.22. The average Bonchev–Trinajstić information content (AvgIpc) is 2.59. The quantitative estimate of drug-likeness (QED) is 0.647. The zero-order valence-corrected chi connectivity index (χ0v) is 15.7. The van der Waals surface area contributed by atoms with E-state index in [1.807, 2.05) is 30.3 Å². The first-order chi connectivity index (χ1) is 12.0. The standard InChI is InChI=1S/C22H29NO2/c1-16(2)19-11-8-12-20(17(3)4)22(19)23-21(24)13-14-25-15-18-9-6-5-7-10-18/h5-12,16-17H,13-15H2,1-4H3,(H,23,24). The summed E-state index contributed by atoms with van der Waals surface area (Å²) in [6.45, 7) is 9.56. The molecule has 0 heterocycles. The second kappa shape index (κ2) is 9.38. The Hall–Kier alpha value is -2.13. The molecule has 0 fully saturated rings.